The average molecular weight is 720 g/mol. The summed E-state index contributed by atoms with van der Waals surface area (Å²) in [7, 11) is 5.53. The normalized spacial score (nSPS) is 29.2. The number of aliphatic hydroxyl groups is 2. The topological polar surface area (TPSA) is 136 Å². The Kier molecular flexibility index (Phi) is 11.9. The van der Waals surface area contributed by atoms with Crippen LogP contribution >= 0.6 is 0 Å². The van der Waals surface area contributed by atoms with Gasteiger partial charge in [0, 0.05) is 55.0 Å². The number of para-hydroxylation sites is 1. The molecule has 5 N–H and O–H groups in total. The maximum atomic E-state index is 14.2. The number of aliphatic hydroxyl groups excluding tert-OH is 2. The van der Waals surface area contributed by atoms with Crippen LogP contribution in [0.3, 0.4) is 0 Å². The number of hydroxylamine groups is 2. The van der Waals surface area contributed by atoms with Crippen LogP contribution in [0.25, 0.3) is 11.1 Å². The van der Waals surface area contributed by atoms with Gasteiger partial charge in [0.15, 0.2) is 0 Å². The molecule has 2 bridgehead atoms. The Labute approximate surface area is 309 Å². The molecule has 0 spiro atoms. The molecule has 2 saturated heterocycles. The molecule has 2 aliphatic heterocycles. The van der Waals surface area contributed by atoms with Gasteiger partial charge in [-0.2, -0.15) is 5.06 Å². The van der Waals surface area contributed by atoms with Gasteiger partial charge in [0.2, 0.25) is 5.91 Å². The zero-order valence-corrected chi connectivity index (χ0v) is 32.2. The van der Waals surface area contributed by atoms with Crippen molar-refractivity contribution in [1.82, 2.24) is 21.0 Å². The lowest BCUT2D eigenvalue weighted by Crippen LogP contribution is -2.62. The van der Waals surface area contributed by atoms with Gasteiger partial charge in [-0.15, -0.1) is 0 Å². The van der Waals surface area contributed by atoms with Crippen molar-refractivity contribution in [2.45, 2.75) is 90.6 Å². The van der Waals surface area contributed by atoms with Gasteiger partial charge in [-0.3, -0.25) is 14.4 Å². The van der Waals surface area contributed by atoms with Crippen molar-refractivity contribution in [3.8, 4) is 16.9 Å². The Bertz CT molecular complexity index is 1570. The summed E-state index contributed by atoms with van der Waals surface area (Å²) < 4.78 is 6.07. The lowest BCUT2D eigenvalue weighted by molar-refractivity contribution is -0.183. The van der Waals surface area contributed by atoms with Gasteiger partial charge in [-0.1, -0.05) is 39.0 Å². The quantitative estimate of drug-likeness (QED) is 0.207. The SMILES string of the molecule is COc1c(CN2O[C@@H](CO)[C@H]([C@H](C)O)[C@H]2C(=O)N[C@H]2C[C@H]3C[C@@H]([C@@H]2C)C3(C)C)cccc1-c1cc(C(=O)NCCC2CCNCC2)cc(N(C)C)c1. The highest BCUT2D eigenvalue weighted by Crippen LogP contribution is 2.61. The van der Waals surface area contributed by atoms with E-state index in [4.69, 9.17) is 9.57 Å². The number of rotatable bonds is 13. The molecule has 2 aromatic rings. The number of piperidine rings is 1. The molecule has 0 aromatic heterocycles. The highest BCUT2D eigenvalue weighted by Gasteiger charge is 2.57. The van der Waals surface area contributed by atoms with Crippen molar-refractivity contribution in [1.29, 1.82) is 0 Å². The van der Waals surface area contributed by atoms with E-state index in [1.54, 1.807) is 19.1 Å². The summed E-state index contributed by atoms with van der Waals surface area (Å²) in [6.07, 6.45) is 3.76. The third-order valence-electron chi connectivity index (χ3n) is 13.0. The first-order chi connectivity index (χ1) is 24.8. The second-order valence-electron chi connectivity index (χ2n) is 16.6. The number of ether oxygens (including phenoxy) is 1. The molecule has 5 fully saturated rings. The Morgan fingerprint density at radius 1 is 1.15 bits per heavy atom. The standard InChI is InChI=1S/C41H61N5O6/c1-24-33-20-30(41(33,3)4)21-34(24)44-40(50)37-36(25(2)48)35(23-47)52-46(37)22-27-9-8-10-32(38(27)51-7)28-17-29(19-31(18-28)45(5)6)39(49)43-16-13-26-11-14-42-15-12-26/h8-10,17-19,24-26,30,33-37,42,47-48H,11-16,20-23H2,1-7H3,(H,43,49)(H,44,50)/t24-,25-,30+,33-,34-,35-,36-,37-/m0/s1. The fourth-order valence-electron chi connectivity index (χ4n) is 9.65. The maximum absolute atomic E-state index is 14.2. The lowest BCUT2D eigenvalue weighted by Gasteiger charge is -2.62. The van der Waals surface area contributed by atoms with E-state index in [9.17, 15) is 19.8 Å². The van der Waals surface area contributed by atoms with E-state index in [0.717, 1.165) is 61.2 Å². The van der Waals surface area contributed by atoms with E-state index in [0.29, 0.717) is 41.5 Å². The van der Waals surface area contributed by atoms with Crippen molar-refractivity contribution in [3.63, 3.8) is 0 Å². The number of nitrogens with one attached hydrogen (secondary N) is 3. The number of carbonyl (C=O) groups is 2. The summed E-state index contributed by atoms with van der Waals surface area (Å²) in [5.74, 6) is 1.78. The molecule has 52 heavy (non-hydrogen) atoms. The van der Waals surface area contributed by atoms with Crippen LogP contribution in [-0.2, 0) is 16.2 Å². The smallest absolute Gasteiger partial charge is 0.251 e. The van der Waals surface area contributed by atoms with Gasteiger partial charge >= 0.3 is 0 Å². The van der Waals surface area contributed by atoms with Crippen LogP contribution in [0.5, 0.6) is 5.75 Å². The predicted octanol–water partition coefficient (Wildman–Crippen LogP) is 4.21. The van der Waals surface area contributed by atoms with E-state index >= 15 is 0 Å². The average Bonchev–Trinajstić information content (AvgIpc) is 3.51. The molecule has 2 heterocycles. The number of nitrogens with zero attached hydrogens (tertiary/aromatic N) is 2. The number of benzene rings is 2. The maximum Gasteiger partial charge on any atom is 0.251 e. The molecule has 5 aliphatic rings. The molecule has 7 rings (SSSR count). The summed E-state index contributed by atoms with van der Waals surface area (Å²) in [6.45, 7) is 11.1. The van der Waals surface area contributed by atoms with E-state index in [-0.39, 0.29) is 36.4 Å². The summed E-state index contributed by atoms with van der Waals surface area (Å²) in [5.41, 5.74) is 4.15. The molecule has 0 unspecified atom stereocenters. The number of hydrogen-bond donors (Lipinski definition) is 5. The summed E-state index contributed by atoms with van der Waals surface area (Å²) in [6, 6.07) is 10.9. The first-order valence-corrected chi connectivity index (χ1v) is 19.3. The predicted molar refractivity (Wildman–Crippen MR) is 203 cm³/mol. The van der Waals surface area contributed by atoms with Crippen molar-refractivity contribution >= 4 is 17.5 Å². The summed E-state index contributed by atoms with van der Waals surface area (Å²) in [4.78, 5) is 36.0. The van der Waals surface area contributed by atoms with E-state index in [1.165, 1.54) is 6.42 Å². The number of amides is 2. The van der Waals surface area contributed by atoms with E-state index in [1.807, 2.05) is 55.4 Å². The van der Waals surface area contributed by atoms with Crippen LogP contribution in [0.4, 0.5) is 5.69 Å². The van der Waals surface area contributed by atoms with Crippen LogP contribution in [0.15, 0.2) is 36.4 Å². The fourth-order valence-corrected chi connectivity index (χ4v) is 9.65. The molecule has 3 aliphatic carbocycles. The summed E-state index contributed by atoms with van der Waals surface area (Å²) in [5, 5.41) is 32.8. The second-order valence-corrected chi connectivity index (χ2v) is 16.6. The van der Waals surface area contributed by atoms with E-state index in [2.05, 4.69) is 36.7 Å². The van der Waals surface area contributed by atoms with Crippen molar-refractivity contribution in [2.24, 2.45) is 35.0 Å². The van der Waals surface area contributed by atoms with Crippen molar-refractivity contribution in [2.75, 3.05) is 52.3 Å². The monoisotopic (exact) mass is 719 g/mol. The molecular weight excluding hydrogens is 658 g/mol. The zero-order valence-electron chi connectivity index (χ0n) is 32.2. The van der Waals surface area contributed by atoms with E-state index < -0.39 is 24.2 Å². The van der Waals surface area contributed by atoms with Gasteiger partial charge in [-0.05, 0) is 105 Å². The molecular formula is C41H61N5O6. The molecule has 2 amide bonds. The number of anilines is 1. The molecule has 3 saturated carbocycles. The number of carbonyl (C=O) groups excluding carboxylic acids is 2. The Balaban J connectivity index is 1.25. The summed E-state index contributed by atoms with van der Waals surface area (Å²) >= 11 is 0. The van der Waals surface area contributed by atoms with Gasteiger partial charge in [0.1, 0.15) is 17.9 Å². The van der Waals surface area contributed by atoms with Crippen molar-refractivity contribution in [3.05, 3.63) is 47.5 Å². The third-order valence-corrected chi connectivity index (χ3v) is 13.0. The number of hydrogen-bond acceptors (Lipinski definition) is 9. The van der Waals surface area contributed by atoms with Crippen LogP contribution in [0.1, 0.15) is 75.7 Å². The first kappa shape index (κ1) is 38.5. The Morgan fingerprint density at radius 3 is 2.54 bits per heavy atom. The molecule has 11 nitrogen and oxygen atoms in total. The number of methoxy groups -OCH3 is 1. The minimum Gasteiger partial charge on any atom is -0.496 e. The third kappa shape index (κ3) is 7.71. The van der Waals surface area contributed by atoms with Gasteiger partial charge in [0.25, 0.3) is 5.91 Å². The van der Waals surface area contributed by atoms with Crippen LogP contribution in [0, 0.1) is 35.0 Å². The molecule has 0 radical (unpaired) electrons. The molecule has 11 heteroatoms. The highest BCUT2D eigenvalue weighted by molar-refractivity contribution is 5.97. The van der Waals surface area contributed by atoms with Crippen molar-refractivity contribution < 1.29 is 29.4 Å². The zero-order chi connectivity index (χ0) is 37.3. The largest absolute Gasteiger partial charge is 0.496 e. The van der Waals surface area contributed by atoms with Crippen LogP contribution in [-0.4, -0.2) is 98.8 Å². The molecule has 2 aromatic carbocycles. The minimum atomic E-state index is -0.889. The lowest BCUT2D eigenvalue weighted by atomic mass is 9.45. The highest BCUT2D eigenvalue weighted by atomic mass is 16.7. The molecule has 286 valence electrons. The van der Waals surface area contributed by atoms with Gasteiger partial charge in [0.05, 0.1) is 26.4 Å². The Hall–Kier alpha value is -3.22. The van der Waals surface area contributed by atoms with Gasteiger partial charge < -0.3 is 35.8 Å². The fraction of sp³-hybridized carbons (Fsp3) is 0.659. The Morgan fingerprint density at radius 2 is 1.90 bits per heavy atom. The van der Waals surface area contributed by atoms with Crippen LogP contribution in [0.2, 0.25) is 0 Å². The number of fused-ring (bicyclic) bond motifs is 2. The first-order valence-electron chi connectivity index (χ1n) is 19.3. The molecule has 8 atom stereocenters. The van der Waals surface area contributed by atoms with Gasteiger partial charge in [-0.25, -0.2) is 0 Å². The minimum absolute atomic E-state index is 0.0479. The second kappa shape index (κ2) is 16.0. The van der Waals surface area contributed by atoms with Crippen LogP contribution < -0.4 is 25.6 Å².